The maximum atomic E-state index is 2.49. The molecular formula is C62H42N2. The van der Waals surface area contributed by atoms with E-state index in [-0.39, 0.29) is 0 Å². The molecule has 0 saturated heterocycles. The molecule has 0 fully saturated rings. The maximum absolute atomic E-state index is 2.49. The fourth-order valence-electron chi connectivity index (χ4n) is 9.89. The zero-order valence-corrected chi connectivity index (χ0v) is 35.1. The second kappa shape index (κ2) is 15.8. The van der Waals surface area contributed by atoms with Crippen molar-refractivity contribution in [2.24, 2.45) is 0 Å². The van der Waals surface area contributed by atoms with Crippen LogP contribution >= 0.6 is 0 Å². The highest BCUT2D eigenvalue weighted by atomic mass is 15.2. The lowest BCUT2D eigenvalue weighted by Gasteiger charge is -2.32. The molecule has 300 valence electrons. The van der Waals surface area contributed by atoms with E-state index in [2.05, 4.69) is 265 Å². The zero-order chi connectivity index (χ0) is 42.4. The van der Waals surface area contributed by atoms with Gasteiger partial charge in [-0.15, -0.1) is 0 Å². The van der Waals surface area contributed by atoms with Gasteiger partial charge in [-0.1, -0.05) is 200 Å². The van der Waals surface area contributed by atoms with Crippen LogP contribution in [0.15, 0.2) is 255 Å². The van der Waals surface area contributed by atoms with E-state index in [0.717, 1.165) is 67.2 Å². The fraction of sp³-hybridized carbons (Fsp3) is 0. The van der Waals surface area contributed by atoms with Gasteiger partial charge >= 0.3 is 0 Å². The van der Waals surface area contributed by atoms with Crippen LogP contribution in [0, 0.1) is 0 Å². The highest BCUT2D eigenvalue weighted by Gasteiger charge is 2.26. The van der Waals surface area contributed by atoms with Crippen LogP contribution in [0.2, 0.25) is 0 Å². The molecule has 0 spiro atoms. The van der Waals surface area contributed by atoms with E-state index in [1.807, 2.05) is 0 Å². The summed E-state index contributed by atoms with van der Waals surface area (Å²) in [6, 6.07) is 93.0. The van der Waals surface area contributed by atoms with E-state index in [0.29, 0.717) is 0 Å². The molecular weight excluding hydrogens is 773 g/mol. The molecule has 64 heavy (non-hydrogen) atoms. The number of rotatable bonds is 8. The van der Waals surface area contributed by atoms with Crippen LogP contribution in [-0.4, -0.2) is 0 Å². The first-order valence-corrected chi connectivity index (χ1v) is 22.0. The molecule has 0 aromatic heterocycles. The van der Waals surface area contributed by atoms with Gasteiger partial charge in [-0.05, 0) is 109 Å². The van der Waals surface area contributed by atoms with Crippen molar-refractivity contribution in [3.8, 4) is 22.3 Å². The SMILES string of the molecule is c1ccc(-c2cc3ccc(N(c4ccccc4)c4cc5ccccc5c5ccccc45)c(-c4ccccc4)c3cc2N(c2ccccc2)c2cc3ccccc3c3ccccc23)cc1. The van der Waals surface area contributed by atoms with Crippen LogP contribution in [0.5, 0.6) is 0 Å². The predicted octanol–water partition coefficient (Wildman–Crippen LogP) is 17.7. The second-order valence-electron chi connectivity index (χ2n) is 16.4. The molecule has 0 atom stereocenters. The molecule has 0 N–H and O–H groups in total. The van der Waals surface area contributed by atoms with Crippen molar-refractivity contribution in [3.63, 3.8) is 0 Å². The summed E-state index contributed by atoms with van der Waals surface area (Å²) in [6.45, 7) is 0. The second-order valence-corrected chi connectivity index (χ2v) is 16.4. The monoisotopic (exact) mass is 814 g/mol. The van der Waals surface area contributed by atoms with Crippen molar-refractivity contribution in [2.45, 2.75) is 0 Å². The topological polar surface area (TPSA) is 6.48 Å². The molecule has 0 heterocycles. The first-order chi connectivity index (χ1) is 31.8. The standard InChI is InChI=1S/C62H42N2/c1-5-21-43(22-6-1)56-39-47-37-38-58(63(48-27-9-3-10-28-48)59-40-45-25-13-15-31-50(45)52-33-17-19-35-54(52)59)62(44-23-7-2-8-24-44)57(47)42-61(56)64(49-29-11-4-12-30-49)60-41-46-26-14-16-32-51(46)53-34-18-20-36-55(53)60/h1-42H. The molecule has 2 nitrogen and oxygen atoms in total. The Morgan fingerprint density at radius 3 is 1.12 bits per heavy atom. The highest BCUT2D eigenvalue weighted by Crippen LogP contribution is 2.51. The number of hydrogen-bond acceptors (Lipinski definition) is 2. The Kier molecular flexibility index (Phi) is 9.20. The van der Waals surface area contributed by atoms with Gasteiger partial charge in [0.15, 0.2) is 0 Å². The average Bonchev–Trinajstić information content (AvgIpc) is 3.37. The lowest BCUT2D eigenvalue weighted by atomic mass is 9.90. The molecule has 12 aromatic rings. The first-order valence-electron chi connectivity index (χ1n) is 22.0. The van der Waals surface area contributed by atoms with Crippen LogP contribution in [-0.2, 0) is 0 Å². The summed E-state index contributed by atoms with van der Waals surface area (Å²) in [5.41, 5.74) is 11.3. The van der Waals surface area contributed by atoms with Gasteiger partial charge in [-0.2, -0.15) is 0 Å². The minimum absolute atomic E-state index is 1.09. The summed E-state index contributed by atoms with van der Waals surface area (Å²) in [5, 5.41) is 12.1. The van der Waals surface area contributed by atoms with Crippen molar-refractivity contribution in [2.75, 3.05) is 9.80 Å². The summed E-state index contributed by atoms with van der Waals surface area (Å²) in [6.07, 6.45) is 0. The number of para-hydroxylation sites is 2. The van der Waals surface area contributed by atoms with Gasteiger partial charge in [0.2, 0.25) is 0 Å². The smallest absolute Gasteiger partial charge is 0.0546 e. The summed E-state index contributed by atoms with van der Waals surface area (Å²) >= 11 is 0. The third-order valence-electron chi connectivity index (χ3n) is 12.7. The number of anilines is 6. The molecule has 0 aliphatic rings. The number of fused-ring (bicyclic) bond motifs is 7. The predicted molar refractivity (Wildman–Crippen MR) is 274 cm³/mol. The fourth-order valence-corrected chi connectivity index (χ4v) is 9.89. The third-order valence-corrected chi connectivity index (χ3v) is 12.7. The zero-order valence-electron chi connectivity index (χ0n) is 35.1. The molecule has 2 heteroatoms. The minimum Gasteiger partial charge on any atom is -0.309 e. The van der Waals surface area contributed by atoms with E-state index in [9.17, 15) is 0 Å². The van der Waals surface area contributed by atoms with Gasteiger partial charge in [0.1, 0.15) is 0 Å². The number of hydrogen-bond donors (Lipinski definition) is 0. The summed E-state index contributed by atoms with van der Waals surface area (Å²) in [5.74, 6) is 0. The van der Waals surface area contributed by atoms with Gasteiger partial charge in [0.25, 0.3) is 0 Å². The van der Waals surface area contributed by atoms with Gasteiger partial charge in [0, 0.05) is 33.3 Å². The normalized spacial score (nSPS) is 11.4. The van der Waals surface area contributed by atoms with E-state index in [4.69, 9.17) is 0 Å². The number of benzene rings is 12. The van der Waals surface area contributed by atoms with E-state index in [1.54, 1.807) is 0 Å². The van der Waals surface area contributed by atoms with Crippen molar-refractivity contribution in [1.29, 1.82) is 0 Å². The van der Waals surface area contributed by atoms with Gasteiger partial charge < -0.3 is 9.80 Å². The first kappa shape index (κ1) is 37.3. The highest BCUT2D eigenvalue weighted by molar-refractivity contribution is 6.18. The molecule has 0 saturated carbocycles. The van der Waals surface area contributed by atoms with Crippen molar-refractivity contribution >= 4 is 88.0 Å². The number of nitrogens with zero attached hydrogens (tertiary/aromatic N) is 2. The molecule has 0 bridgehead atoms. The molecule has 0 aliphatic carbocycles. The van der Waals surface area contributed by atoms with Crippen LogP contribution < -0.4 is 9.80 Å². The van der Waals surface area contributed by atoms with Crippen LogP contribution in [0.1, 0.15) is 0 Å². The lowest BCUT2D eigenvalue weighted by Crippen LogP contribution is -2.13. The molecule has 12 rings (SSSR count). The summed E-state index contributed by atoms with van der Waals surface area (Å²) < 4.78 is 0. The Hall–Kier alpha value is -8.46. The Bertz CT molecular complexity index is 3660. The molecule has 12 aromatic carbocycles. The molecule has 0 unspecified atom stereocenters. The van der Waals surface area contributed by atoms with Crippen molar-refractivity contribution in [3.05, 3.63) is 255 Å². The van der Waals surface area contributed by atoms with Crippen LogP contribution in [0.25, 0.3) is 76.1 Å². The van der Waals surface area contributed by atoms with Crippen LogP contribution in [0.4, 0.5) is 34.1 Å². The van der Waals surface area contributed by atoms with E-state index in [1.165, 1.54) is 43.1 Å². The Balaban J connectivity index is 1.22. The average molecular weight is 815 g/mol. The van der Waals surface area contributed by atoms with E-state index >= 15 is 0 Å². The van der Waals surface area contributed by atoms with Gasteiger partial charge in [-0.3, -0.25) is 0 Å². The van der Waals surface area contributed by atoms with Gasteiger partial charge in [0.05, 0.1) is 22.7 Å². The van der Waals surface area contributed by atoms with Crippen molar-refractivity contribution in [1.82, 2.24) is 0 Å². The quantitative estimate of drug-likeness (QED) is 0.141. The van der Waals surface area contributed by atoms with Crippen LogP contribution in [0.3, 0.4) is 0 Å². The van der Waals surface area contributed by atoms with Gasteiger partial charge in [-0.25, -0.2) is 0 Å². The Morgan fingerprint density at radius 1 is 0.219 bits per heavy atom. The molecule has 0 radical (unpaired) electrons. The summed E-state index contributed by atoms with van der Waals surface area (Å²) in [7, 11) is 0. The van der Waals surface area contributed by atoms with E-state index < -0.39 is 0 Å². The molecule has 0 aliphatic heterocycles. The largest absolute Gasteiger partial charge is 0.309 e. The lowest BCUT2D eigenvalue weighted by molar-refractivity contribution is 1.30. The molecule has 0 amide bonds. The minimum atomic E-state index is 1.09. The Morgan fingerprint density at radius 2 is 0.609 bits per heavy atom. The third kappa shape index (κ3) is 6.35. The summed E-state index contributed by atoms with van der Waals surface area (Å²) in [4.78, 5) is 4.97. The van der Waals surface area contributed by atoms with Crippen molar-refractivity contribution < 1.29 is 0 Å². The maximum Gasteiger partial charge on any atom is 0.0546 e. The Labute approximate surface area is 373 Å².